The van der Waals surface area contributed by atoms with Gasteiger partial charge in [-0.05, 0) is 38.2 Å². The van der Waals surface area contributed by atoms with Crippen molar-refractivity contribution in [2.24, 2.45) is 0 Å². The van der Waals surface area contributed by atoms with E-state index in [4.69, 9.17) is 10.00 Å². The van der Waals surface area contributed by atoms with E-state index < -0.39 is 15.8 Å². The molecule has 0 radical (unpaired) electrons. The molecule has 2 heterocycles. The molecule has 0 amide bonds. The number of carbonyl (C=O) groups is 1. The monoisotopic (exact) mass is 326 g/mol. The van der Waals surface area contributed by atoms with Gasteiger partial charge >= 0.3 is 5.97 Å². The highest BCUT2D eigenvalue weighted by atomic mass is 32.2. The Bertz CT molecular complexity index is 580. The Kier molecular flexibility index (Phi) is 5.59. The molecule has 2 rings (SSSR count). The number of hydrogen-bond acceptors (Lipinski definition) is 6. The van der Waals surface area contributed by atoms with Gasteiger partial charge in [-0.25, -0.2) is 13.2 Å². The maximum Gasteiger partial charge on any atom is 0.348 e. The van der Waals surface area contributed by atoms with Crippen molar-refractivity contribution in [2.75, 3.05) is 31.2 Å². The van der Waals surface area contributed by atoms with Gasteiger partial charge in [0.05, 0.1) is 18.1 Å². The second kappa shape index (κ2) is 7.25. The fraction of sp³-hybridized carbons (Fsp3) is 0.733. The van der Waals surface area contributed by atoms with E-state index in [9.17, 15) is 13.2 Å². The summed E-state index contributed by atoms with van der Waals surface area (Å²) in [7, 11) is -2.84. The molecule has 122 valence electrons. The van der Waals surface area contributed by atoms with Crippen LogP contribution in [0.3, 0.4) is 0 Å². The number of ether oxygens (including phenoxy) is 1. The molecule has 0 aromatic heterocycles. The van der Waals surface area contributed by atoms with E-state index in [1.165, 1.54) is 0 Å². The van der Waals surface area contributed by atoms with Gasteiger partial charge in [-0.1, -0.05) is 0 Å². The van der Waals surface area contributed by atoms with Crippen LogP contribution in [0.4, 0.5) is 0 Å². The molecule has 6 nitrogen and oxygen atoms in total. The minimum absolute atomic E-state index is 0.146. The van der Waals surface area contributed by atoms with Gasteiger partial charge in [0.15, 0.2) is 0 Å². The highest BCUT2D eigenvalue weighted by Crippen LogP contribution is 2.26. The number of sulfone groups is 1. The summed E-state index contributed by atoms with van der Waals surface area (Å²) in [6.07, 6.45) is 2.71. The van der Waals surface area contributed by atoms with Crippen LogP contribution >= 0.6 is 0 Å². The maximum absolute atomic E-state index is 11.7. The molecule has 0 unspecified atom stereocenters. The van der Waals surface area contributed by atoms with Gasteiger partial charge in [-0.3, -0.25) is 4.90 Å². The highest BCUT2D eigenvalue weighted by Gasteiger charge is 2.30. The SMILES string of the molecule is CCOC(=O)C(C#N)=C1CCN(C2CCS(=O)(=O)CC2)CC1. The molecule has 0 atom stereocenters. The number of rotatable bonds is 3. The van der Waals surface area contributed by atoms with Gasteiger partial charge in [0.2, 0.25) is 0 Å². The standard InChI is InChI=1S/C15H22N2O4S/c1-2-21-15(18)14(11-16)12-3-7-17(8-4-12)13-5-9-22(19,20)10-6-13/h13H,2-10H2,1H3. The largest absolute Gasteiger partial charge is 0.462 e. The Morgan fingerprint density at radius 1 is 1.32 bits per heavy atom. The van der Waals surface area contributed by atoms with E-state index in [1.807, 2.05) is 6.07 Å². The quantitative estimate of drug-likeness (QED) is 0.437. The van der Waals surface area contributed by atoms with Crippen molar-refractivity contribution < 1.29 is 17.9 Å². The predicted octanol–water partition coefficient (Wildman–Crippen LogP) is 1.04. The molecular weight excluding hydrogens is 304 g/mol. The molecule has 2 aliphatic heterocycles. The minimum atomic E-state index is -2.84. The summed E-state index contributed by atoms with van der Waals surface area (Å²) >= 11 is 0. The fourth-order valence-electron chi connectivity index (χ4n) is 3.12. The number of piperidine rings is 1. The lowest BCUT2D eigenvalue weighted by molar-refractivity contribution is -0.138. The molecule has 0 saturated carbocycles. The Morgan fingerprint density at radius 2 is 1.91 bits per heavy atom. The number of esters is 1. The van der Waals surface area contributed by atoms with Crippen LogP contribution in [0.25, 0.3) is 0 Å². The highest BCUT2D eigenvalue weighted by molar-refractivity contribution is 7.91. The lowest BCUT2D eigenvalue weighted by Gasteiger charge is -2.37. The first-order valence-electron chi connectivity index (χ1n) is 7.70. The number of nitrogens with zero attached hydrogens (tertiary/aromatic N) is 2. The van der Waals surface area contributed by atoms with Crippen LogP contribution in [0, 0.1) is 11.3 Å². The Hall–Kier alpha value is -1.39. The zero-order chi connectivity index (χ0) is 16.2. The molecule has 2 saturated heterocycles. The lowest BCUT2D eigenvalue weighted by atomic mass is 9.96. The zero-order valence-electron chi connectivity index (χ0n) is 12.9. The zero-order valence-corrected chi connectivity index (χ0v) is 13.7. The van der Waals surface area contributed by atoms with Gasteiger partial charge in [0.25, 0.3) is 0 Å². The van der Waals surface area contributed by atoms with E-state index in [2.05, 4.69) is 4.90 Å². The second-order valence-electron chi connectivity index (χ2n) is 5.73. The third kappa shape index (κ3) is 4.08. The van der Waals surface area contributed by atoms with Crippen molar-refractivity contribution in [1.82, 2.24) is 4.90 Å². The molecule has 2 fully saturated rings. The van der Waals surface area contributed by atoms with Gasteiger partial charge in [-0.15, -0.1) is 0 Å². The van der Waals surface area contributed by atoms with Gasteiger partial charge < -0.3 is 4.74 Å². The van der Waals surface area contributed by atoms with Crippen molar-refractivity contribution in [3.05, 3.63) is 11.1 Å². The van der Waals surface area contributed by atoms with Crippen LogP contribution in [0.5, 0.6) is 0 Å². The van der Waals surface area contributed by atoms with Crippen molar-refractivity contribution in [1.29, 1.82) is 5.26 Å². The lowest BCUT2D eigenvalue weighted by Crippen LogP contribution is -2.44. The minimum Gasteiger partial charge on any atom is -0.462 e. The molecule has 0 aromatic carbocycles. The summed E-state index contributed by atoms with van der Waals surface area (Å²) in [5, 5.41) is 9.16. The Balaban J connectivity index is 1.95. The second-order valence-corrected chi connectivity index (χ2v) is 8.03. The summed E-state index contributed by atoms with van der Waals surface area (Å²) in [5.74, 6) is 0.00364. The summed E-state index contributed by atoms with van der Waals surface area (Å²) in [6, 6.07) is 2.27. The smallest absolute Gasteiger partial charge is 0.348 e. The van der Waals surface area contributed by atoms with E-state index >= 15 is 0 Å². The molecule has 0 bridgehead atoms. The van der Waals surface area contributed by atoms with Gasteiger partial charge in [-0.2, -0.15) is 5.26 Å². The molecule has 2 aliphatic rings. The van der Waals surface area contributed by atoms with Crippen molar-refractivity contribution in [2.45, 2.75) is 38.6 Å². The van der Waals surface area contributed by atoms with Crippen LogP contribution in [0.15, 0.2) is 11.1 Å². The van der Waals surface area contributed by atoms with Crippen LogP contribution in [-0.2, 0) is 19.4 Å². The molecule has 7 heteroatoms. The average Bonchev–Trinajstić information content (AvgIpc) is 2.49. The molecule has 22 heavy (non-hydrogen) atoms. The van der Waals surface area contributed by atoms with Gasteiger partial charge in [0.1, 0.15) is 21.5 Å². The summed E-state index contributed by atoms with van der Waals surface area (Å²) in [6.45, 7) is 3.52. The van der Waals surface area contributed by atoms with Crippen molar-refractivity contribution in [3.63, 3.8) is 0 Å². The topological polar surface area (TPSA) is 87.5 Å². The van der Waals surface area contributed by atoms with Crippen LogP contribution in [-0.4, -0.2) is 56.5 Å². The van der Waals surface area contributed by atoms with E-state index in [-0.39, 0.29) is 23.7 Å². The van der Waals surface area contributed by atoms with E-state index in [0.29, 0.717) is 31.7 Å². The van der Waals surface area contributed by atoms with Crippen LogP contribution in [0.1, 0.15) is 32.6 Å². The first-order chi connectivity index (χ1) is 10.5. The van der Waals surface area contributed by atoms with Crippen molar-refractivity contribution >= 4 is 15.8 Å². The maximum atomic E-state index is 11.7. The first-order valence-corrected chi connectivity index (χ1v) is 9.52. The van der Waals surface area contributed by atoms with E-state index in [0.717, 1.165) is 18.7 Å². The average molecular weight is 326 g/mol. The Morgan fingerprint density at radius 3 is 2.41 bits per heavy atom. The molecule has 0 N–H and O–H groups in total. The van der Waals surface area contributed by atoms with Gasteiger partial charge in [0, 0.05) is 19.1 Å². The summed E-state index contributed by atoms with van der Waals surface area (Å²) < 4.78 is 27.9. The van der Waals surface area contributed by atoms with Crippen LogP contribution < -0.4 is 0 Å². The first kappa shape index (κ1) is 17.0. The Labute approximate surface area is 131 Å². The van der Waals surface area contributed by atoms with E-state index in [1.54, 1.807) is 6.92 Å². The summed E-state index contributed by atoms with van der Waals surface area (Å²) in [5.41, 5.74) is 1.01. The number of nitriles is 1. The third-order valence-corrected chi connectivity index (χ3v) is 6.10. The molecule has 0 aliphatic carbocycles. The van der Waals surface area contributed by atoms with Crippen molar-refractivity contribution in [3.8, 4) is 6.07 Å². The molecule has 0 aromatic rings. The van der Waals surface area contributed by atoms with Crippen LogP contribution in [0.2, 0.25) is 0 Å². The fourth-order valence-corrected chi connectivity index (χ4v) is 4.59. The number of likely N-dealkylation sites (tertiary alicyclic amines) is 1. The number of carbonyl (C=O) groups excluding carboxylic acids is 1. The molecule has 0 spiro atoms. The normalized spacial score (nSPS) is 22.8. The summed E-state index contributed by atoms with van der Waals surface area (Å²) in [4.78, 5) is 14.0. The third-order valence-electron chi connectivity index (χ3n) is 4.39. The predicted molar refractivity (Wildman–Crippen MR) is 81.8 cm³/mol. The molecular formula is C15H22N2O4S. The number of hydrogen-bond donors (Lipinski definition) is 0.